The van der Waals surface area contributed by atoms with Gasteiger partial charge in [-0.1, -0.05) is 12.1 Å². The molecule has 0 aliphatic heterocycles. The minimum atomic E-state index is -4.38. The first-order valence-corrected chi connectivity index (χ1v) is 7.66. The van der Waals surface area contributed by atoms with Gasteiger partial charge >= 0.3 is 6.18 Å². The molecule has 0 radical (unpaired) electrons. The van der Waals surface area contributed by atoms with Crippen LogP contribution in [0.15, 0.2) is 54.7 Å². The van der Waals surface area contributed by atoms with Crippen LogP contribution in [-0.2, 0) is 6.18 Å². The fraction of sp³-hybridized carbons (Fsp3) is 0.0556. The molecule has 5 nitrogen and oxygen atoms in total. The molecule has 2 aromatic heterocycles. The zero-order chi connectivity index (χ0) is 18.3. The van der Waals surface area contributed by atoms with E-state index >= 15 is 0 Å². The topological polar surface area (TPSA) is 80.5 Å². The van der Waals surface area contributed by atoms with E-state index in [4.69, 9.17) is 5.73 Å². The lowest BCUT2D eigenvalue weighted by Gasteiger charge is -2.09. The number of nitrogens with one attached hydrogen (secondary N) is 1. The number of nitrogen functional groups attached to an aromatic ring is 1. The molecule has 0 atom stereocenters. The van der Waals surface area contributed by atoms with E-state index in [1.54, 1.807) is 6.20 Å². The zero-order valence-electron chi connectivity index (χ0n) is 13.2. The molecule has 0 bridgehead atoms. The number of anilines is 1. The summed E-state index contributed by atoms with van der Waals surface area (Å²) >= 11 is 0. The largest absolute Gasteiger partial charge is 0.416 e. The van der Waals surface area contributed by atoms with Crippen LogP contribution in [0.2, 0.25) is 0 Å². The maximum atomic E-state index is 12.7. The first kappa shape index (κ1) is 16.1. The van der Waals surface area contributed by atoms with Crippen molar-refractivity contribution in [2.75, 3.05) is 5.73 Å². The highest BCUT2D eigenvalue weighted by Gasteiger charge is 2.30. The van der Waals surface area contributed by atoms with Gasteiger partial charge in [0.1, 0.15) is 5.82 Å². The lowest BCUT2D eigenvalue weighted by Crippen LogP contribution is -2.04. The average molecular weight is 355 g/mol. The number of rotatable bonds is 2. The highest BCUT2D eigenvalue weighted by Crippen LogP contribution is 2.31. The van der Waals surface area contributed by atoms with E-state index in [0.29, 0.717) is 17.1 Å². The third-order valence-corrected chi connectivity index (χ3v) is 3.95. The lowest BCUT2D eigenvalue weighted by molar-refractivity contribution is -0.137. The molecule has 4 rings (SSSR count). The molecule has 130 valence electrons. The molecule has 3 N–H and O–H groups in total. The maximum Gasteiger partial charge on any atom is 0.416 e. The second kappa shape index (κ2) is 5.83. The van der Waals surface area contributed by atoms with Crippen LogP contribution < -0.4 is 5.73 Å². The predicted octanol–water partition coefficient (Wildman–Crippen LogP) is 4.29. The SMILES string of the molecule is Nc1cc(-c2ccc(C(F)(F)F)cc2)nc(-c2ccc3[nH]ncc3c2)n1. The third kappa shape index (κ3) is 2.97. The second-order valence-corrected chi connectivity index (χ2v) is 5.75. The smallest absolute Gasteiger partial charge is 0.384 e. The molecule has 0 amide bonds. The molecule has 0 unspecified atom stereocenters. The Morgan fingerprint density at radius 1 is 0.885 bits per heavy atom. The van der Waals surface area contributed by atoms with Crippen LogP contribution in [0.1, 0.15) is 5.56 Å². The minimum absolute atomic E-state index is 0.234. The lowest BCUT2D eigenvalue weighted by atomic mass is 10.1. The molecule has 4 aromatic rings. The normalized spacial score (nSPS) is 11.8. The van der Waals surface area contributed by atoms with Crippen molar-refractivity contribution in [2.24, 2.45) is 0 Å². The highest BCUT2D eigenvalue weighted by molar-refractivity contribution is 5.83. The van der Waals surface area contributed by atoms with E-state index in [1.165, 1.54) is 18.2 Å². The number of aromatic amines is 1. The Hall–Kier alpha value is -3.42. The first-order chi connectivity index (χ1) is 12.4. The number of halogens is 3. The molecule has 26 heavy (non-hydrogen) atoms. The summed E-state index contributed by atoms with van der Waals surface area (Å²) in [6.45, 7) is 0. The minimum Gasteiger partial charge on any atom is -0.384 e. The van der Waals surface area contributed by atoms with Gasteiger partial charge < -0.3 is 5.73 Å². The number of fused-ring (bicyclic) bond motifs is 1. The molecule has 2 aromatic carbocycles. The average Bonchev–Trinajstić information content (AvgIpc) is 3.08. The van der Waals surface area contributed by atoms with Crippen molar-refractivity contribution in [1.29, 1.82) is 0 Å². The van der Waals surface area contributed by atoms with E-state index in [2.05, 4.69) is 20.2 Å². The van der Waals surface area contributed by atoms with Crippen LogP contribution in [0.5, 0.6) is 0 Å². The van der Waals surface area contributed by atoms with Gasteiger partial charge in [-0.15, -0.1) is 0 Å². The molecule has 8 heteroatoms. The summed E-state index contributed by atoms with van der Waals surface area (Å²) in [5, 5.41) is 7.71. The van der Waals surface area contributed by atoms with Crippen molar-refractivity contribution in [3.05, 3.63) is 60.3 Å². The first-order valence-electron chi connectivity index (χ1n) is 7.66. The van der Waals surface area contributed by atoms with E-state index in [9.17, 15) is 13.2 Å². The quantitative estimate of drug-likeness (QED) is 0.562. The van der Waals surface area contributed by atoms with Gasteiger partial charge in [0, 0.05) is 22.6 Å². The van der Waals surface area contributed by atoms with Gasteiger partial charge in [0.2, 0.25) is 0 Å². The van der Waals surface area contributed by atoms with Gasteiger partial charge in [0.25, 0.3) is 0 Å². The Labute approximate surface area is 145 Å². The molecular formula is C18H12F3N5. The zero-order valence-corrected chi connectivity index (χ0v) is 13.2. The third-order valence-electron chi connectivity index (χ3n) is 3.95. The summed E-state index contributed by atoms with van der Waals surface area (Å²) in [6, 6.07) is 11.8. The van der Waals surface area contributed by atoms with Gasteiger partial charge in [0.15, 0.2) is 5.82 Å². The number of aromatic nitrogens is 4. The van der Waals surface area contributed by atoms with E-state index in [0.717, 1.165) is 28.6 Å². The molecule has 0 aliphatic carbocycles. The van der Waals surface area contributed by atoms with E-state index in [1.807, 2.05) is 18.2 Å². The number of hydrogen-bond donors (Lipinski definition) is 2. The Morgan fingerprint density at radius 3 is 2.35 bits per heavy atom. The summed E-state index contributed by atoms with van der Waals surface area (Å²) in [5.41, 5.74) is 7.75. The fourth-order valence-electron chi connectivity index (χ4n) is 2.65. The number of benzene rings is 2. The summed E-state index contributed by atoms with van der Waals surface area (Å²) in [4.78, 5) is 8.69. The molecule has 0 spiro atoms. The molecule has 2 heterocycles. The molecule has 0 saturated carbocycles. The van der Waals surface area contributed by atoms with Crippen molar-refractivity contribution in [3.63, 3.8) is 0 Å². The number of hydrogen-bond acceptors (Lipinski definition) is 4. The fourth-order valence-corrected chi connectivity index (χ4v) is 2.65. The number of nitrogens with two attached hydrogens (primary N) is 1. The number of nitrogens with zero attached hydrogens (tertiary/aromatic N) is 3. The van der Waals surface area contributed by atoms with Gasteiger partial charge in [-0.2, -0.15) is 18.3 Å². The van der Waals surface area contributed by atoms with Crippen molar-refractivity contribution in [2.45, 2.75) is 6.18 Å². The van der Waals surface area contributed by atoms with Gasteiger partial charge in [-0.25, -0.2) is 9.97 Å². The van der Waals surface area contributed by atoms with Gasteiger partial charge in [0.05, 0.1) is 23.0 Å². The highest BCUT2D eigenvalue weighted by atomic mass is 19.4. The summed E-state index contributed by atoms with van der Waals surface area (Å²) in [5.74, 6) is 0.625. The van der Waals surface area contributed by atoms with Crippen LogP contribution in [0.25, 0.3) is 33.5 Å². The van der Waals surface area contributed by atoms with E-state index < -0.39 is 11.7 Å². The number of alkyl halides is 3. The molecular weight excluding hydrogens is 343 g/mol. The van der Waals surface area contributed by atoms with Gasteiger partial charge in [-0.05, 0) is 30.3 Å². The van der Waals surface area contributed by atoms with Crippen LogP contribution >= 0.6 is 0 Å². The Morgan fingerprint density at radius 2 is 1.62 bits per heavy atom. The van der Waals surface area contributed by atoms with Crippen molar-refractivity contribution in [3.8, 4) is 22.6 Å². The Balaban J connectivity index is 1.76. The van der Waals surface area contributed by atoms with Crippen molar-refractivity contribution < 1.29 is 13.2 Å². The van der Waals surface area contributed by atoms with E-state index in [-0.39, 0.29) is 5.82 Å². The summed E-state index contributed by atoms with van der Waals surface area (Å²) < 4.78 is 38.2. The van der Waals surface area contributed by atoms with Crippen molar-refractivity contribution in [1.82, 2.24) is 20.2 Å². The number of H-pyrrole nitrogens is 1. The Bertz CT molecular complexity index is 1080. The molecule has 0 fully saturated rings. The summed E-state index contributed by atoms with van der Waals surface area (Å²) in [6.07, 6.45) is -2.70. The van der Waals surface area contributed by atoms with Crippen molar-refractivity contribution >= 4 is 16.7 Å². The monoisotopic (exact) mass is 355 g/mol. The van der Waals surface area contributed by atoms with Crippen LogP contribution in [0, 0.1) is 0 Å². The second-order valence-electron chi connectivity index (χ2n) is 5.75. The van der Waals surface area contributed by atoms with Crippen LogP contribution in [0.4, 0.5) is 19.0 Å². The molecule has 0 saturated heterocycles. The molecule has 0 aliphatic rings. The standard InChI is InChI=1S/C18H12F3N5/c19-18(20,21)13-4-1-10(2-5-13)15-8-16(22)25-17(24-15)11-3-6-14-12(7-11)9-23-26-14/h1-9H,(H,23,26)(H2,22,24,25). The van der Waals surface area contributed by atoms with Crippen LogP contribution in [0.3, 0.4) is 0 Å². The Kier molecular flexibility index (Phi) is 3.61. The summed E-state index contributed by atoms with van der Waals surface area (Å²) in [7, 11) is 0. The van der Waals surface area contributed by atoms with Gasteiger partial charge in [-0.3, -0.25) is 5.10 Å². The predicted molar refractivity (Wildman–Crippen MR) is 92.0 cm³/mol. The van der Waals surface area contributed by atoms with Crippen LogP contribution in [-0.4, -0.2) is 20.2 Å². The maximum absolute atomic E-state index is 12.7.